The fourth-order valence-corrected chi connectivity index (χ4v) is 4.50. The van der Waals surface area contributed by atoms with Gasteiger partial charge in [0.05, 0.1) is 26.0 Å². The Morgan fingerprint density at radius 1 is 0.881 bits per heavy atom. The van der Waals surface area contributed by atoms with Crippen LogP contribution in [0.25, 0.3) is 22.8 Å². The molecule has 0 atom stereocenters. The molecular weight excluding hydrogens is 532 g/mol. The average Bonchev–Trinajstić information content (AvgIpc) is 3.70. The highest BCUT2D eigenvalue weighted by Crippen LogP contribution is 2.25. The number of carbonyl (C=O) groups is 2. The zero-order valence-corrected chi connectivity index (χ0v) is 24.8. The van der Waals surface area contributed by atoms with Gasteiger partial charge in [-0.05, 0) is 43.4 Å². The van der Waals surface area contributed by atoms with Gasteiger partial charge in [0.15, 0.2) is 5.82 Å². The fraction of sp³-hybridized carbons (Fsp3) is 0.406. The maximum absolute atomic E-state index is 13.2. The molecule has 0 saturated carbocycles. The number of rotatable bonds is 15. The van der Waals surface area contributed by atoms with E-state index in [1.165, 1.54) is 6.20 Å². The SMILES string of the molecule is CCC(CC)NC(=O)c1cnc(-c2cccc(-c3nc(C(=O)NC(CC)CC)n(CCOCc4ccccc4)n3)c2)o1. The van der Waals surface area contributed by atoms with Crippen molar-refractivity contribution in [1.82, 2.24) is 30.4 Å². The molecule has 222 valence electrons. The molecule has 2 amide bonds. The number of hydrogen-bond acceptors (Lipinski definition) is 7. The molecule has 2 aromatic carbocycles. The van der Waals surface area contributed by atoms with Crippen LogP contribution in [0.1, 0.15) is 80.1 Å². The van der Waals surface area contributed by atoms with Crippen LogP contribution in [-0.4, -0.2) is 50.3 Å². The summed E-state index contributed by atoms with van der Waals surface area (Å²) in [6.07, 6.45) is 4.74. The molecule has 0 aliphatic heterocycles. The van der Waals surface area contributed by atoms with Crippen LogP contribution in [0, 0.1) is 0 Å². The first-order valence-electron chi connectivity index (χ1n) is 14.7. The number of oxazole rings is 1. The molecule has 10 nitrogen and oxygen atoms in total. The third kappa shape index (κ3) is 7.91. The van der Waals surface area contributed by atoms with Gasteiger partial charge in [0.1, 0.15) is 0 Å². The first kappa shape index (κ1) is 30.6. The van der Waals surface area contributed by atoms with E-state index in [4.69, 9.17) is 9.15 Å². The van der Waals surface area contributed by atoms with Crippen LogP contribution in [-0.2, 0) is 17.9 Å². The summed E-state index contributed by atoms with van der Waals surface area (Å²) >= 11 is 0. The number of carbonyl (C=O) groups excluding carboxylic acids is 2. The van der Waals surface area contributed by atoms with Crippen LogP contribution in [0.5, 0.6) is 0 Å². The molecule has 0 saturated heterocycles. The van der Waals surface area contributed by atoms with Crippen LogP contribution >= 0.6 is 0 Å². The predicted molar refractivity (Wildman–Crippen MR) is 161 cm³/mol. The largest absolute Gasteiger partial charge is 0.431 e. The van der Waals surface area contributed by atoms with Gasteiger partial charge in [-0.1, -0.05) is 70.2 Å². The summed E-state index contributed by atoms with van der Waals surface area (Å²) in [6, 6.07) is 17.4. The molecule has 0 bridgehead atoms. The number of nitrogens with one attached hydrogen (secondary N) is 2. The van der Waals surface area contributed by atoms with Gasteiger partial charge in [-0.15, -0.1) is 0 Å². The Labute approximate surface area is 246 Å². The van der Waals surface area contributed by atoms with E-state index < -0.39 is 0 Å². The third-order valence-corrected chi connectivity index (χ3v) is 7.17. The standard InChI is InChI=1S/C32H40N6O4/c1-5-25(6-2)34-30(39)27-20-33-32(42-27)24-16-12-15-23(19-24)28-36-29(31(40)35-26(7-3)8-4)38(37-28)17-18-41-21-22-13-10-9-11-14-22/h9-16,19-20,25-26H,5-8,17-18,21H2,1-4H3,(H,34,39)(H,35,40). The Bertz CT molecular complexity index is 1440. The molecule has 0 unspecified atom stereocenters. The van der Waals surface area contributed by atoms with Crippen LogP contribution in [0.3, 0.4) is 0 Å². The average molecular weight is 573 g/mol. The van der Waals surface area contributed by atoms with E-state index >= 15 is 0 Å². The molecule has 2 N–H and O–H groups in total. The molecular formula is C32H40N6O4. The second-order valence-electron chi connectivity index (χ2n) is 10.1. The van der Waals surface area contributed by atoms with E-state index in [-0.39, 0.29) is 35.5 Å². The Morgan fingerprint density at radius 3 is 2.24 bits per heavy atom. The van der Waals surface area contributed by atoms with Crippen LogP contribution in [0.4, 0.5) is 0 Å². The normalized spacial score (nSPS) is 11.3. The maximum atomic E-state index is 13.2. The van der Waals surface area contributed by atoms with E-state index in [9.17, 15) is 9.59 Å². The highest BCUT2D eigenvalue weighted by atomic mass is 16.5. The number of benzene rings is 2. The monoisotopic (exact) mass is 572 g/mol. The maximum Gasteiger partial charge on any atom is 0.289 e. The first-order chi connectivity index (χ1) is 20.4. The summed E-state index contributed by atoms with van der Waals surface area (Å²) in [5, 5.41) is 10.7. The van der Waals surface area contributed by atoms with Gasteiger partial charge >= 0.3 is 0 Å². The molecule has 2 aromatic heterocycles. The summed E-state index contributed by atoms with van der Waals surface area (Å²) in [7, 11) is 0. The molecule has 42 heavy (non-hydrogen) atoms. The van der Waals surface area contributed by atoms with Crippen molar-refractivity contribution >= 4 is 11.8 Å². The highest BCUT2D eigenvalue weighted by molar-refractivity contribution is 5.92. The van der Waals surface area contributed by atoms with Gasteiger partial charge in [-0.3, -0.25) is 9.59 Å². The smallest absolute Gasteiger partial charge is 0.289 e. The molecule has 0 fully saturated rings. The molecule has 0 aliphatic rings. The summed E-state index contributed by atoms with van der Waals surface area (Å²) in [4.78, 5) is 34.8. The van der Waals surface area contributed by atoms with Gasteiger partial charge in [-0.25, -0.2) is 14.6 Å². The van der Waals surface area contributed by atoms with Gasteiger partial charge in [-0.2, -0.15) is 5.10 Å². The summed E-state index contributed by atoms with van der Waals surface area (Å²) < 4.78 is 13.3. The highest BCUT2D eigenvalue weighted by Gasteiger charge is 2.21. The Balaban J connectivity index is 1.54. The lowest BCUT2D eigenvalue weighted by Crippen LogP contribution is -2.35. The van der Waals surface area contributed by atoms with E-state index in [0.717, 1.165) is 31.2 Å². The minimum Gasteiger partial charge on any atom is -0.431 e. The second-order valence-corrected chi connectivity index (χ2v) is 10.1. The zero-order chi connectivity index (χ0) is 29.9. The second kappa shape index (κ2) is 15.1. The Morgan fingerprint density at radius 2 is 1.55 bits per heavy atom. The summed E-state index contributed by atoms with van der Waals surface area (Å²) in [6.45, 7) is 9.32. The summed E-state index contributed by atoms with van der Waals surface area (Å²) in [5.41, 5.74) is 2.43. The minimum atomic E-state index is -0.290. The van der Waals surface area contributed by atoms with Crippen molar-refractivity contribution < 1.29 is 18.7 Å². The third-order valence-electron chi connectivity index (χ3n) is 7.17. The van der Waals surface area contributed by atoms with Crippen molar-refractivity contribution in [2.24, 2.45) is 0 Å². The van der Waals surface area contributed by atoms with Crippen molar-refractivity contribution in [3.05, 3.63) is 77.9 Å². The molecule has 0 radical (unpaired) electrons. The van der Waals surface area contributed by atoms with Crippen LogP contribution in [0.2, 0.25) is 0 Å². The van der Waals surface area contributed by atoms with Gasteiger partial charge in [0, 0.05) is 23.2 Å². The van der Waals surface area contributed by atoms with Gasteiger partial charge < -0.3 is 19.8 Å². The number of hydrogen-bond donors (Lipinski definition) is 2. The molecule has 10 heteroatoms. The van der Waals surface area contributed by atoms with Crippen LogP contribution < -0.4 is 10.6 Å². The predicted octanol–water partition coefficient (Wildman–Crippen LogP) is 5.65. The lowest BCUT2D eigenvalue weighted by atomic mass is 10.1. The van der Waals surface area contributed by atoms with Crippen molar-refractivity contribution in [1.29, 1.82) is 0 Å². The molecule has 4 rings (SSSR count). The number of amides is 2. The van der Waals surface area contributed by atoms with Crippen LogP contribution in [0.15, 0.2) is 65.2 Å². The molecule has 0 spiro atoms. The number of nitrogens with zero attached hydrogens (tertiary/aromatic N) is 4. The van der Waals surface area contributed by atoms with Crippen molar-refractivity contribution in [3.8, 4) is 22.8 Å². The number of ether oxygens (including phenoxy) is 1. The Kier molecular flexibility index (Phi) is 11.0. The van der Waals surface area contributed by atoms with E-state index in [2.05, 4.69) is 25.7 Å². The van der Waals surface area contributed by atoms with Gasteiger partial charge in [0.2, 0.25) is 17.5 Å². The molecule has 2 heterocycles. The zero-order valence-electron chi connectivity index (χ0n) is 24.8. The topological polar surface area (TPSA) is 124 Å². The lowest BCUT2D eigenvalue weighted by Gasteiger charge is -2.14. The van der Waals surface area contributed by atoms with Crippen molar-refractivity contribution in [2.75, 3.05) is 6.61 Å². The van der Waals surface area contributed by atoms with E-state index in [1.807, 2.05) is 82.3 Å². The van der Waals surface area contributed by atoms with Crippen molar-refractivity contribution in [3.63, 3.8) is 0 Å². The van der Waals surface area contributed by atoms with E-state index in [1.54, 1.807) is 4.68 Å². The van der Waals surface area contributed by atoms with Crippen molar-refractivity contribution in [2.45, 2.75) is 78.6 Å². The molecule has 0 aliphatic carbocycles. The Hall–Kier alpha value is -4.31. The molecule has 4 aromatic rings. The minimum absolute atomic E-state index is 0.0464. The quantitative estimate of drug-likeness (QED) is 0.176. The van der Waals surface area contributed by atoms with Gasteiger partial charge in [0.25, 0.3) is 11.8 Å². The first-order valence-corrected chi connectivity index (χ1v) is 14.7. The lowest BCUT2D eigenvalue weighted by molar-refractivity contribution is 0.0896. The van der Waals surface area contributed by atoms with E-state index in [0.29, 0.717) is 42.6 Å². The number of aromatic nitrogens is 4. The fourth-order valence-electron chi connectivity index (χ4n) is 4.50. The summed E-state index contributed by atoms with van der Waals surface area (Å²) in [5.74, 6) is 0.520.